The van der Waals surface area contributed by atoms with Gasteiger partial charge in [-0.05, 0) is 35.4 Å². The molecule has 0 aliphatic heterocycles. The predicted octanol–water partition coefficient (Wildman–Crippen LogP) is 4.68. The van der Waals surface area contributed by atoms with Crippen LogP contribution in [0.4, 0.5) is 32.0 Å². The van der Waals surface area contributed by atoms with Gasteiger partial charge in [-0.15, -0.1) is 0 Å². The minimum absolute atomic E-state index is 0.121. The number of anilines is 1. The standard InChI is InChI=1S/C17H15ClF6N2O/c18-14-7-13(5-4-10(14)8-25)26-9-15(27,17(22,23)24)11-2-1-3-12(6-11)16(19,20)21/h1-7,26-27H,8-9,25H2/t15-/m1/s1. The molecule has 27 heavy (non-hydrogen) atoms. The molecule has 0 aromatic heterocycles. The maximum absolute atomic E-state index is 13.5. The third-order valence-electron chi connectivity index (χ3n) is 3.96. The lowest BCUT2D eigenvalue weighted by atomic mass is 9.91. The van der Waals surface area contributed by atoms with Crippen LogP contribution in [0.1, 0.15) is 16.7 Å². The third-order valence-corrected chi connectivity index (χ3v) is 4.31. The van der Waals surface area contributed by atoms with Crippen molar-refractivity contribution in [3.05, 3.63) is 64.2 Å². The molecule has 0 aliphatic carbocycles. The molecule has 4 N–H and O–H groups in total. The molecule has 0 heterocycles. The quantitative estimate of drug-likeness (QED) is 0.625. The maximum Gasteiger partial charge on any atom is 0.423 e. The number of nitrogens with two attached hydrogens (primary N) is 1. The van der Waals surface area contributed by atoms with Crippen molar-refractivity contribution in [2.24, 2.45) is 5.73 Å². The number of rotatable bonds is 5. The van der Waals surface area contributed by atoms with E-state index >= 15 is 0 Å². The van der Waals surface area contributed by atoms with E-state index in [1.54, 1.807) is 0 Å². The highest BCUT2D eigenvalue weighted by Crippen LogP contribution is 2.41. The molecule has 0 unspecified atom stereocenters. The fourth-order valence-electron chi connectivity index (χ4n) is 2.37. The number of hydrogen-bond donors (Lipinski definition) is 3. The first-order valence-electron chi connectivity index (χ1n) is 7.57. The van der Waals surface area contributed by atoms with E-state index in [1.807, 2.05) is 0 Å². The SMILES string of the molecule is NCc1ccc(NC[C@@](O)(c2cccc(C(F)(F)F)c2)C(F)(F)F)cc1Cl. The molecule has 0 amide bonds. The summed E-state index contributed by atoms with van der Waals surface area (Å²) in [5.41, 5.74) is 0.377. The van der Waals surface area contributed by atoms with Gasteiger partial charge >= 0.3 is 12.4 Å². The summed E-state index contributed by atoms with van der Waals surface area (Å²) in [7, 11) is 0. The molecule has 10 heteroatoms. The van der Waals surface area contributed by atoms with Gasteiger partial charge in [-0.3, -0.25) is 0 Å². The second kappa shape index (κ2) is 7.57. The van der Waals surface area contributed by atoms with E-state index in [2.05, 4.69) is 5.32 Å². The molecule has 0 fully saturated rings. The molecule has 0 spiro atoms. The molecule has 148 valence electrons. The molecular weight excluding hydrogens is 398 g/mol. The highest BCUT2D eigenvalue weighted by Gasteiger charge is 2.55. The largest absolute Gasteiger partial charge is 0.423 e. The van der Waals surface area contributed by atoms with Crippen LogP contribution in [0.25, 0.3) is 0 Å². The molecule has 2 aromatic rings. The summed E-state index contributed by atoms with van der Waals surface area (Å²) in [4.78, 5) is 0. The van der Waals surface area contributed by atoms with Crippen molar-refractivity contribution in [1.29, 1.82) is 0 Å². The van der Waals surface area contributed by atoms with Crippen molar-refractivity contribution in [2.45, 2.75) is 24.5 Å². The fraction of sp³-hybridized carbons (Fsp3) is 0.294. The Hall–Kier alpha value is -1.97. The van der Waals surface area contributed by atoms with Gasteiger partial charge in [-0.2, -0.15) is 26.3 Å². The molecule has 2 rings (SSSR count). The number of halogens is 7. The minimum Gasteiger partial charge on any atom is -0.381 e. The van der Waals surface area contributed by atoms with E-state index < -0.39 is 35.6 Å². The monoisotopic (exact) mass is 412 g/mol. The molecule has 1 atom stereocenters. The minimum atomic E-state index is -5.23. The first kappa shape index (κ1) is 21.3. The molecule has 2 aromatic carbocycles. The second-order valence-corrected chi connectivity index (χ2v) is 6.21. The molecule has 0 bridgehead atoms. The molecule has 0 aliphatic rings. The Morgan fingerprint density at radius 3 is 2.11 bits per heavy atom. The normalized spacial score (nSPS) is 14.7. The van der Waals surface area contributed by atoms with Crippen molar-refractivity contribution in [3.63, 3.8) is 0 Å². The molecule has 0 saturated carbocycles. The lowest BCUT2D eigenvalue weighted by Gasteiger charge is -2.32. The predicted molar refractivity (Wildman–Crippen MR) is 89.2 cm³/mol. The Bertz CT molecular complexity index is 809. The number of aliphatic hydroxyl groups is 1. The van der Waals surface area contributed by atoms with E-state index in [0.717, 1.165) is 12.1 Å². The highest BCUT2D eigenvalue weighted by atomic mass is 35.5. The second-order valence-electron chi connectivity index (χ2n) is 5.80. The Labute approximate surface area is 155 Å². The van der Waals surface area contributed by atoms with Crippen LogP contribution in [0.5, 0.6) is 0 Å². The first-order valence-corrected chi connectivity index (χ1v) is 7.95. The summed E-state index contributed by atoms with van der Waals surface area (Å²) in [6, 6.07) is 6.70. The van der Waals surface area contributed by atoms with Crippen LogP contribution in [0.3, 0.4) is 0 Å². The van der Waals surface area contributed by atoms with E-state index in [9.17, 15) is 31.4 Å². The Morgan fingerprint density at radius 1 is 0.963 bits per heavy atom. The number of nitrogens with one attached hydrogen (secondary N) is 1. The topological polar surface area (TPSA) is 58.3 Å². The van der Waals surface area contributed by atoms with Crippen molar-refractivity contribution >= 4 is 17.3 Å². The molecular formula is C17H15ClF6N2O. The Kier molecular flexibility index (Phi) is 5.98. The zero-order valence-corrected chi connectivity index (χ0v) is 14.4. The number of hydrogen-bond acceptors (Lipinski definition) is 3. The zero-order valence-electron chi connectivity index (χ0n) is 13.6. The third kappa shape index (κ3) is 4.66. The fourth-order valence-corrected chi connectivity index (χ4v) is 2.63. The average molecular weight is 413 g/mol. The van der Waals surface area contributed by atoms with E-state index in [4.69, 9.17) is 17.3 Å². The van der Waals surface area contributed by atoms with Crippen LogP contribution < -0.4 is 11.1 Å². The summed E-state index contributed by atoms with van der Waals surface area (Å²) < 4.78 is 79.0. The molecule has 0 saturated heterocycles. The van der Waals surface area contributed by atoms with Gasteiger partial charge in [0, 0.05) is 17.3 Å². The van der Waals surface area contributed by atoms with Crippen LogP contribution in [-0.4, -0.2) is 17.8 Å². The zero-order chi connectivity index (χ0) is 20.5. The van der Waals surface area contributed by atoms with E-state index in [0.29, 0.717) is 11.6 Å². The summed E-state index contributed by atoms with van der Waals surface area (Å²) in [6.45, 7) is -0.994. The van der Waals surface area contributed by atoms with Gasteiger partial charge in [-0.1, -0.05) is 29.8 Å². The molecule has 3 nitrogen and oxygen atoms in total. The van der Waals surface area contributed by atoms with Crippen LogP contribution in [-0.2, 0) is 18.3 Å². The summed E-state index contributed by atoms with van der Waals surface area (Å²) in [5, 5.41) is 12.8. The van der Waals surface area contributed by atoms with Gasteiger partial charge < -0.3 is 16.2 Å². The van der Waals surface area contributed by atoms with Gasteiger partial charge in [0.15, 0.2) is 0 Å². The number of benzene rings is 2. The lowest BCUT2D eigenvalue weighted by Crippen LogP contribution is -2.47. The summed E-state index contributed by atoms with van der Waals surface area (Å²) >= 11 is 5.93. The van der Waals surface area contributed by atoms with Gasteiger partial charge in [0.1, 0.15) is 0 Å². The first-order chi connectivity index (χ1) is 12.4. The van der Waals surface area contributed by atoms with Gasteiger partial charge in [0.2, 0.25) is 5.60 Å². The van der Waals surface area contributed by atoms with Crippen molar-refractivity contribution in [1.82, 2.24) is 0 Å². The lowest BCUT2D eigenvalue weighted by molar-refractivity contribution is -0.260. The summed E-state index contributed by atoms with van der Waals surface area (Å²) in [6.07, 6.45) is -10.1. The van der Waals surface area contributed by atoms with Gasteiger partial charge in [-0.25, -0.2) is 0 Å². The highest BCUT2D eigenvalue weighted by molar-refractivity contribution is 6.31. The van der Waals surface area contributed by atoms with Crippen LogP contribution in [0.15, 0.2) is 42.5 Å². The van der Waals surface area contributed by atoms with Crippen LogP contribution in [0, 0.1) is 0 Å². The van der Waals surface area contributed by atoms with Crippen molar-refractivity contribution in [2.75, 3.05) is 11.9 Å². The number of alkyl halides is 6. The maximum atomic E-state index is 13.5. The van der Waals surface area contributed by atoms with Crippen molar-refractivity contribution < 1.29 is 31.4 Å². The van der Waals surface area contributed by atoms with Gasteiger partial charge in [0.25, 0.3) is 0 Å². The Balaban J connectivity index is 2.36. The smallest absolute Gasteiger partial charge is 0.381 e. The summed E-state index contributed by atoms with van der Waals surface area (Å²) in [5.74, 6) is 0. The Morgan fingerprint density at radius 2 is 1.59 bits per heavy atom. The van der Waals surface area contributed by atoms with Crippen LogP contribution >= 0.6 is 11.6 Å². The van der Waals surface area contributed by atoms with E-state index in [-0.39, 0.29) is 23.3 Å². The van der Waals surface area contributed by atoms with Crippen LogP contribution in [0.2, 0.25) is 5.02 Å². The van der Waals surface area contributed by atoms with Crippen molar-refractivity contribution in [3.8, 4) is 0 Å². The van der Waals surface area contributed by atoms with E-state index in [1.165, 1.54) is 18.2 Å². The molecule has 0 radical (unpaired) electrons. The average Bonchev–Trinajstić information content (AvgIpc) is 2.58. The van der Waals surface area contributed by atoms with Gasteiger partial charge in [0.05, 0.1) is 12.1 Å².